The molecule has 1 saturated heterocycles. The van der Waals surface area contributed by atoms with E-state index in [0.29, 0.717) is 24.3 Å². The molecule has 132 valence electrons. The summed E-state index contributed by atoms with van der Waals surface area (Å²) in [6.45, 7) is 2.00. The molecular weight excluding hydrogens is 306 g/mol. The van der Waals surface area contributed by atoms with Gasteiger partial charge in [0.05, 0.1) is 12.5 Å². The lowest BCUT2D eigenvalue weighted by Crippen LogP contribution is -2.37. The van der Waals surface area contributed by atoms with Crippen LogP contribution in [0.3, 0.4) is 0 Å². The summed E-state index contributed by atoms with van der Waals surface area (Å²) in [6.07, 6.45) is 5.23. The first-order valence-corrected chi connectivity index (χ1v) is 8.83. The predicted octanol–water partition coefficient (Wildman–Crippen LogP) is 3.06. The molecule has 1 aliphatic heterocycles. The highest BCUT2D eigenvalue weighted by Gasteiger charge is 2.45. The molecule has 0 radical (unpaired) electrons. The molecule has 2 aliphatic rings. The summed E-state index contributed by atoms with van der Waals surface area (Å²) in [7, 11) is 3.73. The maximum absolute atomic E-state index is 12.1. The van der Waals surface area contributed by atoms with Gasteiger partial charge in [0.1, 0.15) is 6.10 Å². The molecule has 0 amide bonds. The quantitative estimate of drug-likeness (QED) is 0.897. The molecule has 1 aliphatic carbocycles. The fraction of sp³-hybridized carbons (Fsp3) is 0.632. The minimum absolute atomic E-state index is 0.114. The molecule has 1 heterocycles. The third kappa shape index (κ3) is 3.09. The van der Waals surface area contributed by atoms with Crippen LogP contribution in [-0.4, -0.2) is 49.3 Å². The molecule has 5 nitrogen and oxygen atoms in total. The number of methoxy groups -OCH3 is 1. The fourth-order valence-electron chi connectivity index (χ4n) is 4.02. The van der Waals surface area contributed by atoms with Crippen molar-refractivity contribution in [1.82, 2.24) is 4.90 Å². The number of carboxylic acid groups (broad SMARTS) is 1. The lowest BCUT2D eigenvalue weighted by Gasteiger charge is -2.33. The van der Waals surface area contributed by atoms with Gasteiger partial charge in [-0.25, -0.2) is 0 Å². The van der Waals surface area contributed by atoms with Crippen LogP contribution in [0.15, 0.2) is 18.2 Å². The zero-order valence-corrected chi connectivity index (χ0v) is 14.6. The van der Waals surface area contributed by atoms with Gasteiger partial charge in [-0.15, -0.1) is 0 Å². The van der Waals surface area contributed by atoms with E-state index in [0.717, 1.165) is 44.3 Å². The van der Waals surface area contributed by atoms with Crippen LogP contribution in [0.4, 0.5) is 0 Å². The Balaban J connectivity index is 1.96. The second kappa shape index (κ2) is 7.01. The molecule has 1 aromatic carbocycles. The minimum atomic E-state index is -0.838. The van der Waals surface area contributed by atoms with Crippen molar-refractivity contribution in [3.05, 3.63) is 23.8 Å². The molecule has 5 heteroatoms. The van der Waals surface area contributed by atoms with E-state index in [1.807, 2.05) is 18.2 Å². The van der Waals surface area contributed by atoms with Gasteiger partial charge in [-0.05, 0) is 38.8 Å². The topological polar surface area (TPSA) is 59.0 Å². The number of aliphatic carboxylic acids is 1. The number of nitrogens with zero attached hydrogens (tertiary/aromatic N) is 1. The van der Waals surface area contributed by atoms with Crippen molar-refractivity contribution in [2.45, 2.75) is 50.0 Å². The molecule has 0 bridgehead atoms. The van der Waals surface area contributed by atoms with Crippen LogP contribution >= 0.6 is 0 Å². The molecule has 1 aromatic rings. The van der Waals surface area contributed by atoms with E-state index in [2.05, 4.69) is 11.9 Å². The Kier molecular flexibility index (Phi) is 4.99. The number of carbonyl (C=O) groups is 1. The van der Waals surface area contributed by atoms with Gasteiger partial charge in [0.2, 0.25) is 0 Å². The Hall–Kier alpha value is -1.75. The second-order valence-corrected chi connectivity index (χ2v) is 7.05. The van der Waals surface area contributed by atoms with E-state index >= 15 is 0 Å². The summed E-state index contributed by atoms with van der Waals surface area (Å²) in [5, 5.41) is 9.94. The van der Waals surface area contributed by atoms with Crippen molar-refractivity contribution < 1.29 is 19.4 Å². The van der Waals surface area contributed by atoms with Crippen molar-refractivity contribution in [1.29, 1.82) is 0 Å². The molecule has 0 unspecified atom stereocenters. The number of hydrogen-bond donors (Lipinski definition) is 1. The summed E-state index contributed by atoms with van der Waals surface area (Å²) >= 11 is 0. The van der Waals surface area contributed by atoms with E-state index in [9.17, 15) is 9.90 Å². The molecule has 1 N–H and O–H groups in total. The van der Waals surface area contributed by atoms with Crippen LogP contribution in [0.2, 0.25) is 0 Å². The average Bonchev–Trinajstić information content (AvgIpc) is 3.08. The monoisotopic (exact) mass is 333 g/mol. The van der Waals surface area contributed by atoms with Crippen LogP contribution < -0.4 is 9.47 Å². The van der Waals surface area contributed by atoms with Gasteiger partial charge in [0.25, 0.3) is 0 Å². The van der Waals surface area contributed by atoms with Crippen molar-refractivity contribution in [2.24, 2.45) is 0 Å². The van der Waals surface area contributed by atoms with Crippen LogP contribution in [0.25, 0.3) is 0 Å². The van der Waals surface area contributed by atoms with Crippen LogP contribution in [0, 0.1) is 0 Å². The van der Waals surface area contributed by atoms with E-state index in [1.54, 1.807) is 7.11 Å². The molecule has 24 heavy (non-hydrogen) atoms. The Labute approximate surface area is 143 Å². The average molecular weight is 333 g/mol. The standard InChI is InChI=1S/C19H27NO4/c1-20-12-8-14(9-13-20)24-17-15(6-5-7-16(17)23-2)19(18(21)22)10-3-4-11-19/h5-7,14H,3-4,8-13H2,1-2H3,(H,21,22). The molecule has 0 spiro atoms. The molecule has 0 atom stereocenters. The van der Waals surface area contributed by atoms with E-state index < -0.39 is 11.4 Å². The van der Waals surface area contributed by atoms with Crippen molar-refractivity contribution in [2.75, 3.05) is 27.2 Å². The van der Waals surface area contributed by atoms with Crippen molar-refractivity contribution in [3.63, 3.8) is 0 Å². The number of carboxylic acids is 1. The Morgan fingerprint density at radius 1 is 1.25 bits per heavy atom. The summed E-state index contributed by atoms with van der Waals surface area (Å²) in [6, 6.07) is 5.64. The van der Waals surface area contributed by atoms with E-state index in [-0.39, 0.29) is 6.10 Å². The molecule has 3 rings (SSSR count). The molecule has 0 aromatic heterocycles. The maximum Gasteiger partial charge on any atom is 0.314 e. The number of para-hydroxylation sites is 1. The Morgan fingerprint density at radius 3 is 2.50 bits per heavy atom. The summed E-state index contributed by atoms with van der Waals surface area (Å²) < 4.78 is 11.8. The van der Waals surface area contributed by atoms with Crippen LogP contribution in [0.5, 0.6) is 11.5 Å². The van der Waals surface area contributed by atoms with Crippen molar-refractivity contribution in [3.8, 4) is 11.5 Å². The number of ether oxygens (including phenoxy) is 2. The SMILES string of the molecule is COc1cccc(C2(C(=O)O)CCCC2)c1OC1CCN(C)CC1. The summed E-state index contributed by atoms with van der Waals surface area (Å²) in [4.78, 5) is 14.4. The van der Waals surface area contributed by atoms with Crippen LogP contribution in [-0.2, 0) is 10.2 Å². The third-order valence-corrected chi connectivity index (χ3v) is 5.53. The first kappa shape index (κ1) is 17.1. The normalized spacial score (nSPS) is 21.6. The van der Waals surface area contributed by atoms with E-state index in [1.165, 1.54) is 0 Å². The highest BCUT2D eigenvalue weighted by molar-refractivity contribution is 5.83. The Morgan fingerprint density at radius 2 is 1.92 bits per heavy atom. The lowest BCUT2D eigenvalue weighted by atomic mass is 9.78. The molecule has 2 fully saturated rings. The van der Waals surface area contributed by atoms with E-state index in [4.69, 9.17) is 9.47 Å². The maximum atomic E-state index is 12.1. The summed E-state index contributed by atoms with van der Waals surface area (Å²) in [5.74, 6) is 0.527. The highest BCUT2D eigenvalue weighted by atomic mass is 16.5. The zero-order valence-electron chi connectivity index (χ0n) is 14.6. The van der Waals surface area contributed by atoms with Crippen LogP contribution in [0.1, 0.15) is 44.1 Å². The van der Waals surface area contributed by atoms with Gasteiger partial charge in [-0.2, -0.15) is 0 Å². The summed E-state index contributed by atoms with van der Waals surface area (Å²) in [5.41, 5.74) is -0.0548. The van der Waals surface area contributed by atoms with Gasteiger partial charge in [0, 0.05) is 18.7 Å². The zero-order chi connectivity index (χ0) is 17.2. The Bertz CT molecular complexity index is 587. The van der Waals surface area contributed by atoms with Gasteiger partial charge in [0.15, 0.2) is 11.5 Å². The highest BCUT2D eigenvalue weighted by Crippen LogP contribution is 2.48. The number of rotatable bonds is 5. The predicted molar refractivity (Wildman–Crippen MR) is 91.9 cm³/mol. The van der Waals surface area contributed by atoms with Gasteiger partial charge in [-0.1, -0.05) is 25.0 Å². The number of benzene rings is 1. The first-order valence-electron chi connectivity index (χ1n) is 8.83. The largest absolute Gasteiger partial charge is 0.493 e. The molecule has 1 saturated carbocycles. The second-order valence-electron chi connectivity index (χ2n) is 7.05. The van der Waals surface area contributed by atoms with Gasteiger partial charge >= 0.3 is 5.97 Å². The third-order valence-electron chi connectivity index (χ3n) is 5.53. The molecular formula is C19H27NO4. The lowest BCUT2D eigenvalue weighted by molar-refractivity contribution is -0.143. The van der Waals surface area contributed by atoms with Gasteiger partial charge in [-0.3, -0.25) is 4.79 Å². The fourth-order valence-corrected chi connectivity index (χ4v) is 4.02. The number of likely N-dealkylation sites (tertiary alicyclic amines) is 1. The van der Waals surface area contributed by atoms with Gasteiger partial charge < -0.3 is 19.5 Å². The number of piperidine rings is 1. The smallest absolute Gasteiger partial charge is 0.314 e. The number of hydrogen-bond acceptors (Lipinski definition) is 4. The van der Waals surface area contributed by atoms with Crippen molar-refractivity contribution >= 4 is 5.97 Å². The first-order chi connectivity index (χ1) is 11.6. The minimum Gasteiger partial charge on any atom is -0.493 e.